The number of rotatable bonds is 4. The molecule has 1 aliphatic rings. The van der Waals surface area contributed by atoms with E-state index in [-0.39, 0.29) is 5.78 Å². The Morgan fingerprint density at radius 3 is 2.68 bits per heavy atom. The fourth-order valence-electron chi connectivity index (χ4n) is 2.59. The zero-order valence-electron chi connectivity index (χ0n) is 12.1. The Morgan fingerprint density at radius 2 is 2.11 bits per heavy atom. The van der Waals surface area contributed by atoms with Crippen LogP contribution in [-0.4, -0.2) is 16.9 Å². The maximum Gasteiger partial charge on any atom is 0.180 e. The topological polar surface area (TPSA) is 39.2 Å². The van der Waals surface area contributed by atoms with Crippen molar-refractivity contribution in [3.8, 4) is 5.75 Å². The molecule has 1 aliphatic carbocycles. The highest BCUT2D eigenvalue weighted by atomic mass is 16.5. The van der Waals surface area contributed by atoms with Gasteiger partial charge in [0, 0.05) is 6.42 Å². The normalized spacial score (nSPS) is 27.0. The third-order valence-electron chi connectivity index (χ3n) is 4.20. The number of pyridine rings is 1. The lowest BCUT2D eigenvalue weighted by atomic mass is 9.80. The van der Waals surface area contributed by atoms with Crippen molar-refractivity contribution >= 4 is 5.78 Å². The van der Waals surface area contributed by atoms with Crippen LogP contribution in [0.3, 0.4) is 0 Å². The Bertz CT molecular complexity index is 427. The molecule has 19 heavy (non-hydrogen) atoms. The van der Waals surface area contributed by atoms with Crippen LogP contribution in [0.5, 0.6) is 5.75 Å². The minimum Gasteiger partial charge on any atom is -0.489 e. The van der Waals surface area contributed by atoms with E-state index in [1.54, 1.807) is 12.3 Å². The van der Waals surface area contributed by atoms with E-state index in [2.05, 4.69) is 18.8 Å². The second-order valence-corrected chi connectivity index (χ2v) is 5.66. The highest BCUT2D eigenvalue weighted by Crippen LogP contribution is 2.31. The van der Waals surface area contributed by atoms with Crippen LogP contribution in [0.2, 0.25) is 0 Å². The Balaban J connectivity index is 1.94. The molecular formula is C16H23NO2. The zero-order chi connectivity index (χ0) is 13.8. The van der Waals surface area contributed by atoms with Gasteiger partial charge in [-0.05, 0) is 43.2 Å². The van der Waals surface area contributed by atoms with E-state index in [4.69, 9.17) is 4.74 Å². The Hall–Kier alpha value is -1.38. The van der Waals surface area contributed by atoms with Crippen molar-refractivity contribution in [3.05, 3.63) is 24.0 Å². The number of carbonyl (C=O) groups is 1. The van der Waals surface area contributed by atoms with Crippen LogP contribution in [0.25, 0.3) is 0 Å². The molecule has 3 nitrogen and oxygen atoms in total. The lowest BCUT2D eigenvalue weighted by Crippen LogP contribution is -2.28. The molecule has 1 saturated carbocycles. The average Bonchev–Trinajstić information content (AvgIpc) is 2.43. The zero-order valence-corrected chi connectivity index (χ0v) is 12.1. The summed E-state index contributed by atoms with van der Waals surface area (Å²) >= 11 is 0. The van der Waals surface area contributed by atoms with E-state index in [0.717, 1.165) is 24.5 Å². The minimum absolute atomic E-state index is 0.0756. The summed E-state index contributed by atoms with van der Waals surface area (Å²) in [4.78, 5) is 15.7. The summed E-state index contributed by atoms with van der Waals surface area (Å²) < 4.78 is 5.97. The maximum absolute atomic E-state index is 11.5. The van der Waals surface area contributed by atoms with Crippen molar-refractivity contribution in [3.63, 3.8) is 0 Å². The number of carbonyl (C=O) groups excluding carboxylic acids is 1. The van der Waals surface area contributed by atoms with Crippen LogP contribution >= 0.6 is 0 Å². The SMILES string of the molecule is CCC(=O)c1ccc(OC2CCC(C)C(C)C2)cn1. The Morgan fingerprint density at radius 1 is 1.32 bits per heavy atom. The van der Waals surface area contributed by atoms with Crippen molar-refractivity contribution in [2.75, 3.05) is 0 Å². The fourth-order valence-corrected chi connectivity index (χ4v) is 2.59. The number of ketones is 1. The molecule has 0 amide bonds. The number of aromatic nitrogens is 1. The van der Waals surface area contributed by atoms with Gasteiger partial charge in [-0.1, -0.05) is 20.8 Å². The maximum atomic E-state index is 11.5. The summed E-state index contributed by atoms with van der Waals surface area (Å²) in [5, 5.41) is 0. The average molecular weight is 261 g/mol. The van der Waals surface area contributed by atoms with Gasteiger partial charge in [0.25, 0.3) is 0 Å². The smallest absolute Gasteiger partial charge is 0.180 e. The number of nitrogens with zero attached hydrogens (tertiary/aromatic N) is 1. The van der Waals surface area contributed by atoms with Crippen LogP contribution < -0.4 is 4.74 Å². The highest BCUT2D eigenvalue weighted by Gasteiger charge is 2.25. The van der Waals surface area contributed by atoms with E-state index in [9.17, 15) is 4.79 Å². The standard InChI is InChI=1S/C16H23NO2/c1-4-16(18)15-8-7-14(10-17-15)19-13-6-5-11(2)12(3)9-13/h7-8,10-13H,4-6,9H2,1-3H3. The van der Waals surface area contributed by atoms with Crippen molar-refractivity contribution in [1.82, 2.24) is 4.98 Å². The molecule has 1 aromatic heterocycles. The molecule has 3 atom stereocenters. The van der Waals surface area contributed by atoms with Gasteiger partial charge >= 0.3 is 0 Å². The minimum atomic E-state index is 0.0756. The monoisotopic (exact) mass is 261 g/mol. The van der Waals surface area contributed by atoms with Crippen molar-refractivity contribution in [2.24, 2.45) is 11.8 Å². The first-order valence-corrected chi connectivity index (χ1v) is 7.26. The lowest BCUT2D eigenvalue weighted by molar-refractivity contribution is 0.0978. The molecule has 3 heteroatoms. The molecule has 1 aromatic rings. The van der Waals surface area contributed by atoms with Crippen LogP contribution in [0, 0.1) is 11.8 Å². The molecule has 0 bridgehead atoms. The van der Waals surface area contributed by atoms with E-state index in [0.29, 0.717) is 24.1 Å². The second-order valence-electron chi connectivity index (χ2n) is 5.66. The molecular weight excluding hydrogens is 238 g/mol. The summed E-state index contributed by atoms with van der Waals surface area (Å²) in [7, 11) is 0. The van der Waals surface area contributed by atoms with Gasteiger partial charge in [-0.15, -0.1) is 0 Å². The highest BCUT2D eigenvalue weighted by molar-refractivity contribution is 5.93. The van der Waals surface area contributed by atoms with Gasteiger partial charge in [0.1, 0.15) is 11.4 Å². The number of ether oxygens (including phenoxy) is 1. The first-order chi connectivity index (χ1) is 9.10. The van der Waals surface area contributed by atoms with Crippen molar-refractivity contribution < 1.29 is 9.53 Å². The summed E-state index contributed by atoms with van der Waals surface area (Å²) in [5.74, 6) is 2.36. The lowest BCUT2D eigenvalue weighted by Gasteiger charge is -2.32. The molecule has 3 unspecified atom stereocenters. The van der Waals surface area contributed by atoms with Crippen LogP contribution in [0.15, 0.2) is 18.3 Å². The van der Waals surface area contributed by atoms with Gasteiger partial charge in [-0.3, -0.25) is 4.79 Å². The summed E-state index contributed by atoms with van der Waals surface area (Å²) in [5.41, 5.74) is 0.528. The molecule has 1 heterocycles. The van der Waals surface area contributed by atoms with Crippen molar-refractivity contribution in [1.29, 1.82) is 0 Å². The van der Waals surface area contributed by atoms with Gasteiger partial charge < -0.3 is 4.74 Å². The van der Waals surface area contributed by atoms with E-state index < -0.39 is 0 Å². The Labute approximate surface area is 115 Å². The molecule has 2 rings (SSSR count). The number of Topliss-reactive ketones (excluding diaryl/α,β-unsaturated/α-hetero) is 1. The fraction of sp³-hybridized carbons (Fsp3) is 0.625. The molecule has 0 saturated heterocycles. The van der Waals surface area contributed by atoms with Gasteiger partial charge in [-0.25, -0.2) is 4.98 Å². The molecule has 104 valence electrons. The summed E-state index contributed by atoms with van der Waals surface area (Å²) in [6.45, 7) is 6.45. The summed E-state index contributed by atoms with van der Waals surface area (Å²) in [6.07, 6.45) is 5.90. The first-order valence-electron chi connectivity index (χ1n) is 7.26. The predicted molar refractivity (Wildman–Crippen MR) is 75.5 cm³/mol. The summed E-state index contributed by atoms with van der Waals surface area (Å²) in [6, 6.07) is 3.62. The van der Waals surface area contributed by atoms with Crippen LogP contribution in [0.1, 0.15) is 56.9 Å². The van der Waals surface area contributed by atoms with Gasteiger partial charge in [0.05, 0.1) is 12.3 Å². The second kappa shape index (κ2) is 6.18. The molecule has 0 aromatic carbocycles. The molecule has 0 spiro atoms. The van der Waals surface area contributed by atoms with Crippen LogP contribution in [-0.2, 0) is 0 Å². The molecule has 1 fully saturated rings. The third kappa shape index (κ3) is 3.55. The number of hydrogen-bond acceptors (Lipinski definition) is 3. The Kier molecular flexibility index (Phi) is 4.56. The van der Waals surface area contributed by atoms with E-state index >= 15 is 0 Å². The van der Waals surface area contributed by atoms with Crippen LogP contribution in [0.4, 0.5) is 0 Å². The molecule has 0 N–H and O–H groups in total. The van der Waals surface area contributed by atoms with Crippen molar-refractivity contribution in [2.45, 2.75) is 52.6 Å². The van der Waals surface area contributed by atoms with E-state index in [1.165, 1.54) is 6.42 Å². The number of hydrogen-bond donors (Lipinski definition) is 0. The largest absolute Gasteiger partial charge is 0.489 e. The molecule has 0 aliphatic heterocycles. The van der Waals surface area contributed by atoms with E-state index in [1.807, 2.05) is 13.0 Å². The quantitative estimate of drug-likeness (QED) is 0.772. The predicted octanol–water partition coefficient (Wildman–Crippen LogP) is 3.88. The van der Waals surface area contributed by atoms with Gasteiger partial charge in [0.15, 0.2) is 5.78 Å². The van der Waals surface area contributed by atoms with Gasteiger partial charge in [0.2, 0.25) is 0 Å². The molecule has 0 radical (unpaired) electrons. The first kappa shape index (κ1) is 14.0. The third-order valence-corrected chi connectivity index (χ3v) is 4.20. The van der Waals surface area contributed by atoms with Gasteiger partial charge in [-0.2, -0.15) is 0 Å².